The molecule has 6 nitrogen and oxygen atoms in total. The van der Waals surface area contributed by atoms with Crippen LogP contribution < -0.4 is 16.4 Å². The number of hydrogen-bond donors (Lipinski definition) is 2. The molecule has 1 aromatic heterocycles. The SMILES string of the molecule is N#Cc1c(N)nc(N)nc1-c1ccc(N2CCSCC2)cc1. The summed E-state index contributed by atoms with van der Waals surface area (Å²) < 4.78 is 0. The van der Waals surface area contributed by atoms with Crippen LogP contribution in [-0.4, -0.2) is 34.6 Å². The molecule has 1 fully saturated rings. The fraction of sp³-hybridized carbons (Fsp3) is 0.267. The number of rotatable bonds is 2. The van der Waals surface area contributed by atoms with Crippen LogP contribution in [0.4, 0.5) is 17.5 Å². The molecule has 0 radical (unpaired) electrons. The molecule has 2 aromatic rings. The third-order valence-corrected chi connectivity index (χ3v) is 4.53. The highest BCUT2D eigenvalue weighted by Gasteiger charge is 2.15. The lowest BCUT2D eigenvalue weighted by atomic mass is 10.1. The second kappa shape index (κ2) is 6.12. The Kier molecular flexibility index (Phi) is 4.02. The first-order valence-corrected chi connectivity index (χ1v) is 8.10. The van der Waals surface area contributed by atoms with Crippen LogP contribution in [0.2, 0.25) is 0 Å². The van der Waals surface area contributed by atoms with Crippen LogP contribution in [0.3, 0.4) is 0 Å². The van der Waals surface area contributed by atoms with Gasteiger partial charge in [-0.2, -0.15) is 22.0 Å². The summed E-state index contributed by atoms with van der Waals surface area (Å²) in [6.07, 6.45) is 0. The topological polar surface area (TPSA) is 105 Å². The van der Waals surface area contributed by atoms with Crippen molar-refractivity contribution in [2.75, 3.05) is 41.0 Å². The van der Waals surface area contributed by atoms with Gasteiger partial charge in [-0.05, 0) is 12.1 Å². The van der Waals surface area contributed by atoms with E-state index in [1.807, 2.05) is 42.1 Å². The van der Waals surface area contributed by atoms with Crippen molar-refractivity contribution in [1.82, 2.24) is 9.97 Å². The summed E-state index contributed by atoms with van der Waals surface area (Å²) in [5.41, 5.74) is 14.1. The van der Waals surface area contributed by atoms with E-state index in [9.17, 15) is 5.26 Å². The minimum atomic E-state index is 0.0728. The molecule has 1 aliphatic heterocycles. The Bertz CT molecular complexity index is 716. The van der Waals surface area contributed by atoms with Gasteiger partial charge in [0.1, 0.15) is 17.5 Å². The molecule has 0 bridgehead atoms. The maximum atomic E-state index is 9.25. The third kappa shape index (κ3) is 2.78. The lowest BCUT2D eigenvalue weighted by Gasteiger charge is -2.28. The normalized spacial score (nSPS) is 14.6. The Morgan fingerprint density at radius 2 is 1.77 bits per heavy atom. The summed E-state index contributed by atoms with van der Waals surface area (Å²) in [4.78, 5) is 10.4. The van der Waals surface area contributed by atoms with Gasteiger partial charge in [-0.3, -0.25) is 0 Å². The number of nitrogens with zero attached hydrogens (tertiary/aromatic N) is 4. The largest absolute Gasteiger partial charge is 0.382 e. The van der Waals surface area contributed by atoms with Crippen LogP contribution in [0.25, 0.3) is 11.3 Å². The first kappa shape index (κ1) is 14.5. The molecule has 1 saturated heterocycles. The Labute approximate surface area is 133 Å². The van der Waals surface area contributed by atoms with Gasteiger partial charge in [-0.15, -0.1) is 0 Å². The van der Waals surface area contributed by atoms with E-state index < -0.39 is 0 Å². The van der Waals surface area contributed by atoms with Crippen molar-refractivity contribution in [3.05, 3.63) is 29.8 Å². The minimum Gasteiger partial charge on any atom is -0.382 e. The number of nitrogens with two attached hydrogens (primary N) is 2. The van der Waals surface area contributed by atoms with E-state index >= 15 is 0 Å². The fourth-order valence-corrected chi connectivity index (χ4v) is 3.37. The highest BCUT2D eigenvalue weighted by Crippen LogP contribution is 2.28. The minimum absolute atomic E-state index is 0.0728. The zero-order valence-corrected chi connectivity index (χ0v) is 12.8. The number of benzene rings is 1. The predicted octanol–water partition coefficient (Wildman–Crippen LogP) is 1.73. The van der Waals surface area contributed by atoms with Crippen molar-refractivity contribution in [2.24, 2.45) is 0 Å². The number of aromatic nitrogens is 2. The van der Waals surface area contributed by atoms with Crippen LogP contribution in [-0.2, 0) is 0 Å². The zero-order valence-electron chi connectivity index (χ0n) is 12.0. The van der Waals surface area contributed by atoms with Gasteiger partial charge >= 0.3 is 0 Å². The Balaban J connectivity index is 1.95. The van der Waals surface area contributed by atoms with E-state index in [0.29, 0.717) is 5.69 Å². The van der Waals surface area contributed by atoms with E-state index in [1.165, 1.54) is 5.69 Å². The molecular formula is C15H16N6S. The standard InChI is InChI=1S/C15H16N6S/c16-9-12-13(19-15(18)20-14(12)17)10-1-3-11(4-2-10)21-5-7-22-8-6-21/h1-4H,5-8H2,(H4,17,18,19,20). The molecule has 0 unspecified atom stereocenters. The molecule has 0 amide bonds. The molecule has 0 atom stereocenters. The molecule has 1 aromatic carbocycles. The van der Waals surface area contributed by atoms with Crippen LogP contribution in [0, 0.1) is 11.3 Å². The van der Waals surface area contributed by atoms with Crippen molar-refractivity contribution < 1.29 is 0 Å². The maximum Gasteiger partial charge on any atom is 0.222 e. The molecule has 112 valence electrons. The van der Waals surface area contributed by atoms with Crippen LogP contribution in [0.5, 0.6) is 0 Å². The number of nitriles is 1. The molecule has 0 spiro atoms. The van der Waals surface area contributed by atoms with E-state index in [4.69, 9.17) is 11.5 Å². The predicted molar refractivity (Wildman–Crippen MR) is 90.5 cm³/mol. The average molecular weight is 312 g/mol. The van der Waals surface area contributed by atoms with Crippen LogP contribution in [0.15, 0.2) is 24.3 Å². The van der Waals surface area contributed by atoms with Gasteiger partial charge in [0.15, 0.2) is 0 Å². The molecular weight excluding hydrogens is 296 g/mol. The fourth-order valence-electron chi connectivity index (χ4n) is 2.47. The second-order valence-corrected chi connectivity index (χ2v) is 6.17. The van der Waals surface area contributed by atoms with Gasteiger partial charge in [0.05, 0.1) is 5.69 Å². The number of hydrogen-bond acceptors (Lipinski definition) is 7. The summed E-state index contributed by atoms with van der Waals surface area (Å²) in [5, 5.41) is 9.25. The van der Waals surface area contributed by atoms with E-state index in [2.05, 4.69) is 14.9 Å². The second-order valence-electron chi connectivity index (χ2n) is 4.95. The molecule has 0 saturated carbocycles. The lowest BCUT2D eigenvalue weighted by Crippen LogP contribution is -2.32. The number of nitrogen functional groups attached to an aromatic ring is 2. The average Bonchev–Trinajstić information content (AvgIpc) is 2.55. The number of thioether (sulfide) groups is 1. The molecule has 7 heteroatoms. The molecule has 3 rings (SSSR count). The summed E-state index contributed by atoms with van der Waals surface area (Å²) >= 11 is 1.98. The van der Waals surface area contributed by atoms with E-state index in [1.54, 1.807) is 0 Å². The van der Waals surface area contributed by atoms with Gasteiger partial charge in [-0.1, -0.05) is 12.1 Å². The van der Waals surface area contributed by atoms with Gasteiger partial charge < -0.3 is 16.4 Å². The van der Waals surface area contributed by atoms with Crippen molar-refractivity contribution in [1.29, 1.82) is 5.26 Å². The van der Waals surface area contributed by atoms with Gasteiger partial charge in [0.25, 0.3) is 0 Å². The van der Waals surface area contributed by atoms with Gasteiger partial charge in [0, 0.05) is 35.8 Å². The first-order valence-electron chi connectivity index (χ1n) is 6.95. The first-order chi connectivity index (χ1) is 10.7. The van der Waals surface area contributed by atoms with Gasteiger partial charge in [0.2, 0.25) is 5.95 Å². The monoisotopic (exact) mass is 312 g/mol. The molecule has 0 aliphatic carbocycles. The molecule has 4 N–H and O–H groups in total. The zero-order chi connectivity index (χ0) is 15.5. The summed E-state index contributed by atoms with van der Waals surface area (Å²) in [6.45, 7) is 2.11. The smallest absolute Gasteiger partial charge is 0.222 e. The lowest BCUT2D eigenvalue weighted by molar-refractivity contribution is 0.859. The third-order valence-electron chi connectivity index (χ3n) is 3.58. The summed E-state index contributed by atoms with van der Waals surface area (Å²) in [5.74, 6) is 2.49. The summed E-state index contributed by atoms with van der Waals surface area (Å²) in [7, 11) is 0. The molecule has 1 aliphatic rings. The van der Waals surface area contributed by atoms with Crippen molar-refractivity contribution in [3.8, 4) is 17.3 Å². The Morgan fingerprint density at radius 3 is 2.41 bits per heavy atom. The number of anilines is 3. The van der Waals surface area contributed by atoms with Crippen LogP contribution in [0.1, 0.15) is 5.56 Å². The highest BCUT2D eigenvalue weighted by atomic mass is 32.2. The van der Waals surface area contributed by atoms with Crippen molar-refractivity contribution >= 4 is 29.2 Å². The molecule has 2 heterocycles. The highest BCUT2D eigenvalue weighted by molar-refractivity contribution is 7.99. The van der Waals surface area contributed by atoms with E-state index in [0.717, 1.165) is 30.2 Å². The Morgan fingerprint density at radius 1 is 1.09 bits per heavy atom. The van der Waals surface area contributed by atoms with E-state index in [-0.39, 0.29) is 17.3 Å². The quantitative estimate of drug-likeness (QED) is 0.870. The molecule has 22 heavy (non-hydrogen) atoms. The maximum absolute atomic E-state index is 9.25. The van der Waals surface area contributed by atoms with Crippen molar-refractivity contribution in [3.63, 3.8) is 0 Å². The van der Waals surface area contributed by atoms with Crippen LogP contribution >= 0.6 is 11.8 Å². The Hall–Kier alpha value is -2.46. The van der Waals surface area contributed by atoms with Crippen molar-refractivity contribution in [2.45, 2.75) is 0 Å². The van der Waals surface area contributed by atoms with Gasteiger partial charge in [-0.25, -0.2) is 4.98 Å². The summed E-state index contributed by atoms with van der Waals surface area (Å²) in [6, 6.07) is 10.0.